The Kier molecular flexibility index (Phi) is 7.61. The lowest BCUT2D eigenvalue weighted by atomic mass is 10.2. The molecule has 1 amide bonds. The van der Waals surface area contributed by atoms with E-state index in [1.54, 1.807) is 6.21 Å². The van der Waals surface area contributed by atoms with Gasteiger partial charge in [-0.1, -0.05) is 30.3 Å². The van der Waals surface area contributed by atoms with Gasteiger partial charge in [-0.05, 0) is 60.5 Å². The third-order valence-electron chi connectivity index (χ3n) is 4.31. The minimum Gasteiger partial charge on any atom is -0.490 e. The molecule has 0 aromatic heterocycles. The van der Waals surface area contributed by atoms with Crippen molar-refractivity contribution in [1.82, 2.24) is 0 Å². The van der Waals surface area contributed by atoms with Crippen LogP contribution >= 0.6 is 0 Å². The Labute approximate surface area is 177 Å². The van der Waals surface area contributed by atoms with Crippen LogP contribution in [0.25, 0.3) is 0 Å². The van der Waals surface area contributed by atoms with Crippen LogP contribution in [0.2, 0.25) is 0 Å². The Hall–Kier alpha value is -3.60. The van der Waals surface area contributed by atoms with Crippen LogP contribution in [-0.2, 0) is 11.2 Å². The molecule has 0 saturated carbocycles. The first-order chi connectivity index (χ1) is 14.6. The molecule has 0 aliphatic heterocycles. The number of aliphatic imine (C=N–C) groups is 1. The van der Waals surface area contributed by atoms with Gasteiger partial charge in [0.25, 0.3) is 0 Å². The zero-order valence-electron chi connectivity index (χ0n) is 17.3. The lowest BCUT2D eigenvalue weighted by Crippen LogP contribution is -2.04. The molecule has 5 nitrogen and oxygen atoms in total. The molecule has 3 aromatic rings. The van der Waals surface area contributed by atoms with E-state index >= 15 is 0 Å². The second-order valence-corrected chi connectivity index (χ2v) is 6.71. The number of carbonyl (C=O) groups excluding carboxylic acids is 1. The maximum atomic E-state index is 11.1. The molecular weight excluding hydrogens is 376 g/mol. The minimum absolute atomic E-state index is 0.0965. The molecule has 0 aliphatic carbocycles. The van der Waals surface area contributed by atoms with Gasteiger partial charge >= 0.3 is 0 Å². The van der Waals surface area contributed by atoms with Crippen molar-refractivity contribution in [2.75, 3.05) is 18.5 Å². The van der Waals surface area contributed by atoms with E-state index in [1.807, 2.05) is 67.6 Å². The van der Waals surface area contributed by atoms with Crippen molar-refractivity contribution in [2.45, 2.75) is 20.3 Å². The maximum absolute atomic E-state index is 11.1. The van der Waals surface area contributed by atoms with Gasteiger partial charge in [-0.15, -0.1) is 0 Å². The number of hydrogen-bond acceptors (Lipinski definition) is 4. The van der Waals surface area contributed by atoms with Crippen LogP contribution in [0.4, 0.5) is 11.4 Å². The molecule has 3 rings (SSSR count). The van der Waals surface area contributed by atoms with Crippen molar-refractivity contribution in [3.8, 4) is 11.5 Å². The Balaban J connectivity index is 1.64. The number of benzene rings is 3. The SMILES string of the molecule is CCOc1cc(C=Nc2ccc(NC(C)=O)cc2)ccc1OCCc1ccccc1. The van der Waals surface area contributed by atoms with E-state index in [0.717, 1.165) is 29.1 Å². The van der Waals surface area contributed by atoms with Crippen LogP contribution in [0, 0.1) is 0 Å². The molecule has 0 unspecified atom stereocenters. The Morgan fingerprint density at radius 2 is 1.73 bits per heavy atom. The summed E-state index contributed by atoms with van der Waals surface area (Å²) in [6.07, 6.45) is 2.62. The summed E-state index contributed by atoms with van der Waals surface area (Å²) in [7, 11) is 0. The maximum Gasteiger partial charge on any atom is 0.221 e. The van der Waals surface area contributed by atoms with Gasteiger partial charge in [0.1, 0.15) is 0 Å². The van der Waals surface area contributed by atoms with Crippen molar-refractivity contribution in [3.63, 3.8) is 0 Å². The first-order valence-corrected chi connectivity index (χ1v) is 9.99. The average molecular weight is 402 g/mol. The fourth-order valence-corrected chi connectivity index (χ4v) is 2.90. The number of rotatable bonds is 9. The molecule has 0 fully saturated rings. The van der Waals surface area contributed by atoms with E-state index in [-0.39, 0.29) is 5.91 Å². The number of anilines is 1. The van der Waals surface area contributed by atoms with E-state index < -0.39 is 0 Å². The molecule has 1 N–H and O–H groups in total. The van der Waals surface area contributed by atoms with E-state index in [4.69, 9.17) is 9.47 Å². The zero-order chi connectivity index (χ0) is 21.2. The molecule has 0 atom stereocenters. The van der Waals surface area contributed by atoms with Crippen LogP contribution < -0.4 is 14.8 Å². The molecule has 0 heterocycles. The second-order valence-electron chi connectivity index (χ2n) is 6.71. The lowest BCUT2D eigenvalue weighted by molar-refractivity contribution is -0.114. The highest BCUT2D eigenvalue weighted by Gasteiger charge is 2.06. The number of nitrogens with zero attached hydrogens (tertiary/aromatic N) is 1. The third-order valence-corrected chi connectivity index (χ3v) is 4.31. The normalized spacial score (nSPS) is 10.7. The third kappa shape index (κ3) is 6.48. The molecule has 3 aromatic carbocycles. The molecule has 30 heavy (non-hydrogen) atoms. The van der Waals surface area contributed by atoms with Gasteiger partial charge in [0.05, 0.1) is 18.9 Å². The molecule has 154 valence electrons. The second kappa shape index (κ2) is 10.8. The molecule has 0 aliphatic rings. The summed E-state index contributed by atoms with van der Waals surface area (Å²) in [5, 5.41) is 2.74. The summed E-state index contributed by atoms with van der Waals surface area (Å²) in [4.78, 5) is 15.6. The number of nitrogens with one attached hydrogen (secondary N) is 1. The van der Waals surface area contributed by atoms with E-state index in [1.165, 1.54) is 12.5 Å². The Morgan fingerprint density at radius 1 is 0.967 bits per heavy atom. The number of ether oxygens (including phenoxy) is 2. The zero-order valence-corrected chi connectivity index (χ0v) is 17.3. The predicted octanol–water partition coefficient (Wildman–Crippen LogP) is 5.42. The van der Waals surface area contributed by atoms with E-state index in [9.17, 15) is 4.79 Å². The molecular formula is C25H26N2O3. The highest BCUT2D eigenvalue weighted by atomic mass is 16.5. The Bertz CT molecular complexity index is 983. The van der Waals surface area contributed by atoms with Gasteiger partial charge < -0.3 is 14.8 Å². The monoisotopic (exact) mass is 402 g/mol. The summed E-state index contributed by atoms with van der Waals surface area (Å²) < 4.78 is 11.7. The van der Waals surface area contributed by atoms with Crippen LogP contribution in [-0.4, -0.2) is 25.3 Å². The summed E-state index contributed by atoms with van der Waals surface area (Å²) in [6, 6.07) is 23.4. The highest BCUT2D eigenvalue weighted by molar-refractivity contribution is 5.89. The largest absolute Gasteiger partial charge is 0.490 e. The fraction of sp³-hybridized carbons (Fsp3) is 0.200. The van der Waals surface area contributed by atoms with Gasteiger partial charge in [-0.2, -0.15) is 0 Å². The molecule has 0 radical (unpaired) electrons. The average Bonchev–Trinajstić information content (AvgIpc) is 2.75. The summed E-state index contributed by atoms with van der Waals surface area (Å²) >= 11 is 0. The molecule has 0 spiro atoms. The topological polar surface area (TPSA) is 59.9 Å². The van der Waals surface area contributed by atoms with Crippen LogP contribution in [0.15, 0.2) is 77.8 Å². The van der Waals surface area contributed by atoms with Crippen LogP contribution in [0.5, 0.6) is 11.5 Å². The first-order valence-electron chi connectivity index (χ1n) is 9.99. The number of amides is 1. The summed E-state index contributed by atoms with van der Waals surface area (Å²) in [5.41, 5.74) is 3.70. The van der Waals surface area contributed by atoms with Crippen molar-refractivity contribution < 1.29 is 14.3 Å². The summed E-state index contributed by atoms with van der Waals surface area (Å²) in [5.74, 6) is 1.33. The quantitative estimate of drug-likeness (QED) is 0.487. The lowest BCUT2D eigenvalue weighted by Gasteiger charge is -2.12. The summed E-state index contributed by atoms with van der Waals surface area (Å²) in [6.45, 7) is 4.57. The molecule has 0 saturated heterocycles. The van der Waals surface area contributed by atoms with Gasteiger partial charge in [0.15, 0.2) is 11.5 Å². The number of carbonyl (C=O) groups is 1. The molecule has 5 heteroatoms. The van der Waals surface area contributed by atoms with Crippen molar-refractivity contribution in [3.05, 3.63) is 83.9 Å². The highest BCUT2D eigenvalue weighted by Crippen LogP contribution is 2.28. The smallest absolute Gasteiger partial charge is 0.221 e. The van der Waals surface area contributed by atoms with E-state index in [0.29, 0.717) is 19.0 Å². The minimum atomic E-state index is -0.0965. The van der Waals surface area contributed by atoms with Crippen molar-refractivity contribution >= 4 is 23.5 Å². The van der Waals surface area contributed by atoms with Crippen LogP contribution in [0.1, 0.15) is 25.0 Å². The van der Waals surface area contributed by atoms with Crippen LogP contribution in [0.3, 0.4) is 0 Å². The Morgan fingerprint density at radius 3 is 2.43 bits per heavy atom. The first kappa shape index (κ1) is 21.1. The van der Waals surface area contributed by atoms with E-state index in [2.05, 4.69) is 22.4 Å². The standard InChI is InChI=1S/C25H26N2O3/c1-3-29-25-17-21(18-26-22-10-12-23(13-11-22)27-19(2)28)9-14-24(25)30-16-15-20-7-5-4-6-8-20/h4-14,17-18H,3,15-16H2,1-2H3,(H,27,28). The van der Waals surface area contributed by atoms with Crippen molar-refractivity contribution in [2.24, 2.45) is 4.99 Å². The van der Waals surface area contributed by atoms with Gasteiger partial charge in [0, 0.05) is 25.2 Å². The molecule has 0 bridgehead atoms. The van der Waals surface area contributed by atoms with Gasteiger partial charge in [0.2, 0.25) is 5.91 Å². The van der Waals surface area contributed by atoms with Gasteiger partial charge in [-0.25, -0.2) is 0 Å². The van der Waals surface area contributed by atoms with Gasteiger partial charge in [-0.3, -0.25) is 9.79 Å². The van der Waals surface area contributed by atoms with Crippen molar-refractivity contribution in [1.29, 1.82) is 0 Å². The predicted molar refractivity (Wildman–Crippen MR) is 121 cm³/mol. The fourth-order valence-electron chi connectivity index (χ4n) is 2.90. The number of hydrogen-bond donors (Lipinski definition) is 1.